The Morgan fingerprint density at radius 3 is 2.74 bits per heavy atom. The van der Waals surface area contributed by atoms with Crippen LogP contribution >= 0.6 is 0 Å². The molecule has 34 heavy (non-hydrogen) atoms. The van der Waals surface area contributed by atoms with E-state index in [1.165, 1.54) is 0 Å². The zero-order valence-electron chi connectivity index (χ0n) is 20.1. The van der Waals surface area contributed by atoms with E-state index in [2.05, 4.69) is 18.3 Å². The van der Waals surface area contributed by atoms with Crippen molar-refractivity contribution in [3.05, 3.63) is 95.3 Å². The number of methoxy groups -OCH3 is 1. The maximum atomic E-state index is 12.9. The molecule has 2 unspecified atom stereocenters. The molecule has 0 radical (unpaired) electrons. The quantitative estimate of drug-likeness (QED) is 0.608. The van der Waals surface area contributed by atoms with Gasteiger partial charge < -0.3 is 19.9 Å². The van der Waals surface area contributed by atoms with Crippen molar-refractivity contribution in [2.24, 2.45) is 5.92 Å². The molecule has 1 fully saturated rings. The molecule has 4 atom stereocenters. The van der Waals surface area contributed by atoms with E-state index in [-0.39, 0.29) is 24.0 Å². The van der Waals surface area contributed by atoms with Crippen molar-refractivity contribution < 1.29 is 19.4 Å². The Morgan fingerprint density at radius 1 is 1.18 bits per heavy atom. The fourth-order valence-electron chi connectivity index (χ4n) is 4.90. The molecule has 0 spiro atoms. The topological polar surface area (TPSA) is 67.8 Å². The zero-order chi connectivity index (χ0) is 24.0. The molecule has 0 bridgehead atoms. The van der Waals surface area contributed by atoms with E-state index in [0.29, 0.717) is 25.8 Å². The monoisotopic (exact) mass is 461 g/mol. The molecule has 5 nitrogen and oxygen atoms in total. The number of benzene rings is 1. The number of carbonyl (C=O) groups excluding carboxylic acids is 1. The highest BCUT2D eigenvalue weighted by atomic mass is 16.5. The third kappa shape index (κ3) is 5.43. The van der Waals surface area contributed by atoms with Gasteiger partial charge in [0.1, 0.15) is 11.4 Å². The zero-order valence-corrected chi connectivity index (χ0v) is 20.1. The molecular formula is C29H35NO4. The van der Waals surface area contributed by atoms with Gasteiger partial charge in [0.15, 0.2) is 0 Å². The molecule has 180 valence electrons. The van der Waals surface area contributed by atoms with Crippen LogP contribution in [0.25, 0.3) is 0 Å². The standard InChI is InChI=1S/C29H35NO4/c1-21-14-18-27(34-21)20-30-28(31)22-8-6-11-24(16-15-22)29(32,23-9-4-3-5-10-23)25-12-7-13-26(33-2)19-17-25/h3-5,7,9-11,13,15-17,19,21-22,27,32H,6,8,12,14,18,20H2,1-2H3,(H,30,31)/t21-,22?,27-,29?/m0/s1. The Morgan fingerprint density at radius 2 is 2.00 bits per heavy atom. The lowest BCUT2D eigenvalue weighted by Gasteiger charge is -2.33. The summed E-state index contributed by atoms with van der Waals surface area (Å²) in [5.41, 5.74) is 1.14. The number of carbonyl (C=O) groups is 1. The lowest BCUT2D eigenvalue weighted by Crippen LogP contribution is -2.35. The van der Waals surface area contributed by atoms with Crippen molar-refractivity contribution in [1.82, 2.24) is 5.32 Å². The van der Waals surface area contributed by atoms with Crippen molar-refractivity contribution in [1.29, 1.82) is 0 Å². The molecule has 1 aliphatic heterocycles. The molecule has 4 rings (SSSR count). The molecular weight excluding hydrogens is 426 g/mol. The first-order chi connectivity index (χ1) is 16.5. The molecule has 1 amide bonds. The van der Waals surface area contributed by atoms with E-state index >= 15 is 0 Å². The van der Waals surface area contributed by atoms with E-state index in [0.717, 1.165) is 35.3 Å². The first-order valence-corrected chi connectivity index (χ1v) is 12.2. The first kappa shape index (κ1) is 24.2. The van der Waals surface area contributed by atoms with Gasteiger partial charge in [0.25, 0.3) is 0 Å². The highest BCUT2D eigenvalue weighted by Crippen LogP contribution is 2.41. The highest BCUT2D eigenvalue weighted by molar-refractivity contribution is 5.80. The van der Waals surface area contributed by atoms with Gasteiger partial charge in [-0.05, 0) is 67.9 Å². The van der Waals surface area contributed by atoms with Crippen LogP contribution in [-0.2, 0) is 19.9 Å². The summed E-state index contributed by atoms with van der Waals surface area (Å²) in [6, 6.07) is 9.71. The van der Waals surface area contributed by atoms with Crippen LogP contribution in [0.1, 0.15) is 44.6 Å². The van der Waals surface area contributed by atoms with Crippen LogP contribution in [-0.4, -0.2) is 36.9 Å². The first-order valence-electron chi connectivity index (χ1n) is 12.2. The van der Waals surface area contributed by atoms with Gasteiger partial charge in [-0.15, -0.1) is 0 Å². The number of hydrogen-bond donors (Lipinski definition) is 2. The average molecular weight is 462 g/mol. The number of allylic oxidation sites excluding steroid dienone is 5. The van der Waals surface area contributed by atoms with Crippen LogP contribution in [0.15, 0.2) is 89.8 Å². The molecule has 5 heteroatoms. The van der Waals surface area contributed by atoms with Crippen LogP contribution in [0.4, 0.5) is 0 Å². The van der Waals surface area contributed by atoms with E-state index in [9.17, 15) is 9.90 Å². The van der Waals surface area contributed by atoms with Crippen LogP contribution in [0.3, 0.4) is 0 Å². The van der Waals surface area contributed by atoms with Crippen molar-refractivity contribution in [3.8, 4) is 0 Å². The van der Waals surface area contributed by atoms with Crippen LogP contribution in [0, 0.1) is 5.92 Å². The summed E-state index contributed by atoms with van der Waals surface area (Å²) in [4.78, 5) is 12.9. The van der Waals surface area contributed by atoms with Gasteiger partial charge in [0, 0.05) is 6.54 Å². The molecule has 2 N–H and O–H groups in total. The van der Waals surface area contributed by atoms with Gasteiger partial charge >= 0.3 is 0 Å². The number of aliphatic hydroxyl groups is 1. The number of nitrogens with one attached hydrogen (secondary N) is 1. The summed E-state index contributed by atoms with van der Waals surface area (Å²) in [7, 11) is 1.64. The SMILES string of the molecule is COC1=CC=C(C(O)(C2=CCCC(C(=O)NC[C@@H]3CC[C@H](C)O3)C=C2)c2ccccc2)CC=C1. The number of hydrogen-bond acceptors (Lipinski definition) is 4. The minimum atomic E-state index is -1.30. The molecule has 1 heterocycles. The van der Waals surface area contributed by atoms with Crippen LogP contribution in [0.2, 0.25) is 0 Å². The predicted molar refractivity (Wildman–Crippen MR) is 134 cm³/mol. The Bertz CT molecular complexity index is 1020. The summed E-state index contributed by atoms with van der Waals surface area (Å²) < 4.78 is 11.2. The van der Waals surface area contributed by atoms with Gasteiger partial charge in [-0.1, -0.05) is 60.7 Å². The number of amides is 1. The van der Waals surface area contributed by atoms with Gasteiger partial charge in [-0.2, -0.15) is 0 Å². The third-order valence-electron chi connectivity index (χ3n) is 6.89. The molecule has 1 saturated heterocycles. The molecule has 0 saturated carbocycles. The number of rotatable bonds is 7. The van der Waals surface area contributed by atoms with E-state index in [1.807, 2.05) is 66.8 Å². The Labute approximate surface area is 202 Å². The average Bonchev–Trinajstić information content (AvgIpc) is 3.05. The molecule has 1 aromatic rings. The lowest BCUT2D eigenvalue weighted by atomic mass is 9.77. The Hall–Kier alpha value is -2.89. The van der Waals surface area contributed by atoms with Crippen LogP contribution < -0.4 is 5.32 Å². The van der Waals surface area contributed by atoms with Gasteiger partial charge in [-0.25, -0.2) is 0 Å². The smallest absolute Gasteiger partial charge is 0.227 e. The molecule has 0 aromatic heterocycles. The maximum absolute atomic E-state index is 12.9. The van der Waals surface area contributed by atoms with Gasteiger partial charge in [0.05, 0.1) is 25.2 Å². The van der Waals surface area contributed by atoms with E-state index in [1.54, 1.807) is 7.11 Å². The Kier molecular flexibility index (Phi) is 7.86. The molecule has 1 aromatic carbocycles. The maximum Gasteiger partial charge on any atom is 0.227 e. The third-order valence-corrected chi connectivity index (χ3v) is 6.89. The largest absolute Gasteiger partial charge is 0.497 e. The second-order valence-electron chi connectivity index (χ2n) is 9.24. The predicted octanol–water partition coefficient (Wildman–Crippen LogP) is 4.87. The molecule has 2 aliphatic carbocycles. The fourth-order valence-corrected chi connectivity index (χ4v) is 4.90. The van der Waals surface area contributed by atoms with Crippen molar-refractivity contribution in [2.75, 3.05) is 13.7 Å². The fraction of sp³-hybridized carbons (Fsp3) is 0.414. The highest BCUT2D eigenvalue weighted by Gasteiger charge is 2.37. The van der Waals surface area contributed by atoms with E-state index < -0.39 is 5.60 Å². The second-order valence-corrected chi connectivity index (χ2v) is 9.24. The summed E-state index contributed by atoms with van der Waals surface area (Å²) in [5.74, 6) is 0.519. The van der Waals surface area contributed by atoms with Crippen molar-refractivity contribution in [3.63, 3.8) is 0 Å². The normalized spacial score (nSPS) is 26.4. The molecule has 3 aliphatic rings. The number of ether oxygens (including phenoxy) is 2. The van der Waals surface area contributed by atoms with Gasteiger partial charge in [0.2, 0.25) is 5.91 Å². The Balaban J connectivity index is 1.56. The van der Waals surface area contributed by atoms with E-state index in [4.69, 9.17) is 9.47 Å². The summed E-state index contributed by atoms with van der Waals surface area (Å²) in [5, 5.41) is 15.3. The minimum Gasteiger partial charge on any atom is -0.497 e. The summed E-state index contributed by atoms with van der Waals surface area (Å²) >= 11 is 0. The van der Waals surface area contributed by atoms with Gasteiger partial charge in [-0.3, -0.25) is 4.79 Å². The minimum absolute atomic E-state index is 0.0154. The van der Waals surface area contributed by atoms with Crippen LogP contribution in [0.5, 0.6) is 0 Å². The van der Waals surface area contributed by atoms with Crippen molar-refractivity contribution >= 4 is 5.91 Å². The van der Waals surface area contributed by atoms with Crippen molar-refractivity contribution in [2.45, 2.75) is 56.8 Å². The lowest BCUT2D eigenvalue weighted by molar-refractivity contribution is -0.124. The second kappa shape index (κ2) is 11.0. The summed E-state index contributed by atoms with van der Waals surface area (Å²) in [6.45, 7) is 2.62. The summed E-state index contributed by atoms with van der Waals surface area (Å²) in [6.07, 6.45) is 18.1.